The van der Waals surface area contributed by atoms with E-state index in [1.807, 2.05) is 12.1 Å². The summed E-state index contributed by atoms with van der Waals surface area (Å²) in [7, 11) is 1.70. The van der Waals surface area contributed by atoms with Crippen LogP contribution < -0.4 is 10.5 Å². The number of nitrogens with zero attached hydrogens (tertiary/aromatic N) is 1. The van der Waals surface area contributed by atoms with Crippen molar-refractivity contribution in [1.29, 1.82) is 0 Å². The summed E-state index contributed by atoms with van der Waals surface area (Å²) < 4.78 is 7.63. The zero-order valence-electron chi connectivity index (χ0n) is 13.0. The van der Waals surface area contributed by atoms with Crippen LogP contribution in [-0.2, 0) is 13.0 Å². The summed E-state index contributed by atoms with van der Waals surface area (Å²) in [4.78, 5) is 0. The maximum atomic E-state index is 5.66. The van der Waals surface area contributed by atoms with Gasteiger partial charge in [0.15, 0.2) is 0 Å². The number of hydrogen-bond acceptors (Lipinski definition) is 2. The predicted octanol–water partition coefficient (Wildman–Crippen LogP) is 3.59. The Balaban J connectivity index is 1.95. The maximum absolute atomic E-state index is 5.66. The second-order valence-corrected chi connectivity index (χ2v) is 5.54. The number of methoxy groups -OCH3 is 1. The lowest BCUT2D eigenvalue weighted by Crippen LogP contribution is -2.00. The molecule has 0 saturated heterocycles. The van der Waals surface area contributed by atoms with Crippen LogP contribution in [0, 0.1) is 0 Å². The summed E-state index contributed by atoms with van der Waals surface area (Å²) >= 11 is 0. The van der Waals surface area contributed by atoms with E-state index in [1.54, 1.807) is 7.11 Å². The number of aromatic nitrogens is 1. The minimum atomic E-state index is 0.732. The molecule has 3 rings (SSSR count). The average Bonchev–Trinajstić information content (AvgIpc) is 2.91. The van der Waals surface area contributed by atoms with Crippen molar-refractivity contribution >= 4 is 10.9 Å². The van der Waals surface area contributed by atoms with E-state index in [0.29, 0.717) is 0 Å². The molecule has 3 heteroatoms. The Kier molecular flexibility index (Phi) is 4.45. The topological polar surface area (TPSA) is 40.2 Å². The SMILES string of the molecule is COc1cccc(Cn2cc(CCCN)c3ccccc32)c1. The van der Waals surface area contributed by atoms with Gasteiger partial charge in [0.25, 0.3) is 0 Å². The van der Waals surface area contributed by atoms with Crippen LogP contribution >= 0.6 is 0 Å². The Hall–Kier alpha value is -2.26. The summed E-state index contributed by atoms with van der Waals surface area (Å²) in [6.07, 6.45) is 4.31. The normalized spacial score (nSPS) is 11.0. The molecule has 0 atom stereocenters. The molecular formula is C19H22N2O. The first-order valence-electron chi connectivity index (χ1n) is 7.71. The van der Waals surface area contributed by atoms with Crippen molar-refractivity contribution in [2.24, 2.45) is 5.73 Å². The largest absolute Gasteiger partial charge is 0.497 e. The lowest BCUT2D eigenvalue weighted by Gasteiger charge is -2.07. The van der Waals surface area contributed by atoms with Crippen LogP contribution in [0.5, 0.6) is 5.75 Å². The van der Waals surface area contributed by atoms with Gasteiger partial charge in [-0.3, -0.25) is 0 Å². The van der Waals surface area contributed by atoms with E-state index >= 15 is 0 Å². The van der Waals surface area contributed by atoms with Crippen LogP contribution in [0.4, 0.5) is 0 Å². The Morgan fingerprint density at radius 1 is 1.09 bits per heavy atom. The van der Waals surface area contributed by atoms with Crippen LogP contribution in [0.2, 0.25) is 0 Å². The monoisotopic (exact) mass is 294 g/mol. The molecule has 0 fully saturated rings. The summed E-state index contributed by atoms with van der Waals surface area (Å²) in [5.74, 6) is 0.900. The lowest BCUT2D eigenvalue weighted by atomic mass is 10.1. The van der Waals surface area contributed by atoms with Crippen molar-refractivity contribution in [1.82, 2.24) is 4.57 Å². The van der Waals surface area contributed by atoms with Gasteiger partial charge in [-0.25, -0.2) is 0 Å². The smallest absolute Gasteiger partial charge is 0.119 e. The third-order valence-electron chi connectivity index (χ3n) is 4.01. The number of benzene rings is 2. The molecule has 0 saturated carbocycles. The molecule has 0 amide bonds. The molecule has 3 aromatic rings. The number of ether oxygens (including phenoxy) is 1. The number of nitrogens with two attached hydrogens (primary N) is 1. The van der Waals surface area contributed by atoms with E-state index in [-0.39, 0.29) is 0 Å². The predicted molar refractivity (Wildman–Crippen MR) is 91.4 cm³/mol. The molecule has 0 spiro atoms. The van der Waals surface area contributed by atoms with E-state index in [4.69, 9.17) is 10.5 Å². The number of rotatable bonds is 6. The molecular weight excluding hydrogens is 272 g/mol. The first-order chi connectivity index (χ1) is 10.8. The van der Waals surface area contributed by atoms with Gasteiger partial charge in [-0.1, -0.05) is 30.3 Å². The molecule has 0 aliphatic heterocycles. The van der Waals surface area contributed by atoms with Gasteiger partial charge in [0.2, 0.25) is 0 Å². The zero-order valence-corrected chi connectivity index (χ0v) is 13.0. The van der Waals surface area contributed by atoms with Crippen LogP contribution in [0.3, 0.4) is 0 Å². The Morgan fingerprint density at radius 2 is 1.95 bits per heavy atom. The van der Waals surface area contributed by atoms with E-state index in [0.717, 1.165) is 31.7 Å². The number of para-hydroxylation sites is 1. The van der Waals surface area contributed by atoms with Crippen LogP contribution in [0.15, 0.2) is 54.7 Å². The van der Waals surface area contributed by atoms with Crippen molar-refractivity contribution < 1.29 is 4.74 Å². The highest BCUT2D eigenvalue weighted by Crippen LogP contribution is 2.24. The fraction of sp³-hybridized carbons (Fsp3) is 0.263. The zero-order chi connectivity index (χ0) is 15.4. The van der Waals surface area contributed by atoms with Gasteiger partial charge < -0.3 is 15.0 Å². The van der Waals surface area contributed by atoms with Crippen LogP contribution in [0.1, 0.15) is 17.5 Å². The van der Waals surface area contributed by atoms with Gasteiger partial charge >= 0.3 is 0 Å². The summed E-state index contributed by atoms with van der Waals surface area (Å²) in [6.45, 7) is 1.58. The van der Waals surface area contributed by atoms with Crippen LogP contribution in [0.25, 0.3) is 10.9 Å². The van der Waals surface area contributed by atoms with Crippen molar-refractivity contribution in [2.75, 3.05) is 13.7 Å². The maximum Gasteiger partial charge on any atom is 0.119 e. The molecule has 1 aromatic heterocycles. The van der Waals surface area contributed by atoms with Crippen LogP contribution in [-0.4, -0.2) is 18.2 Å². The minimum absolute atomic E-state index is 0.732. The van der Waals surface area contributed by atoms with Crippen molar-refractivity contribution in [2.45, 2.75) is 19.4 Å². The molecule has 2 aromatic carbocycles. The highest BCUT2D eigenvalue weighted by atomic mass is 16.5. The van der Waals surface area contributed by atoms with Gasteiger partial charge in [0.05, 0.1) is 7.11 Å². The molecule has 1 heterocycles. The summed E-state index contributed by atoms with van der Waals surface area (Å²) in [6, 6.07) is 16.8. The molecule has 0 bridgehead atoms. The molecule has 114 valence electrons. The third-order valence-corrected chi connectivity index (χ3v) is 4.01. The molecule has 0 aliphatic rings. The number of fused-ring (bicyclic) bond motifs is 1. The lowest BCUT2D eigenvalue weighted by molar-refractivity contribution is 0.414. The minimum Gasteiger partial charge on any atom is -0.497 e. The Morgan fingerprint density at radius 3 is 2.77 bits per heavy atom. The second-order valence-electron chi connectivity index (χ2n) is 5.54. The van der Waals surface area contributed by atoms with E-state index in [2.05, 4.69) is 47.2 Å². The number of aryl methyl sites for hydroxylation is 1. The first-order valence-corrected chi connectivity index (χ1v) is 7.71. The van der Waals surface area contributed by atoms with Gasteiger partial charge in [-0.2, -0.15) is 0 Å². The third kappa shape index (κ3) is 3.00. The van der Waals surface area contributed by atoms with Gasteiger partial charge in [-0.05, 0) is 48.7 Å². The van der Waals surface area contributed by atoms with E-state index in [1.165, 1.54) is 22.0 Å². The molecule has 22 heavy (non-hydrogen) atoms. The summed E-state index contributed by atoms with van der Waals surface area (Å²) in [5.41, 5.74) is 9.56. The Bertz CT molecular complexity index is 761. The van der Waals surface area contributed by atoms with Crippen molar-refractivity contribution in [3.05, 3.63) is 65.9 Å². The highest BCUT2D eigenvalue weighted by molar-refractivity contribution is 5.84. The average molecular weight is 294 g/mol. The first kappa shape index (κ1) is 14.7. The van der Waals surface area contributed by atoms with E-state index < -0.39 is 0 Å². The van der Waals surface area contributed by atoms with Gasteiger partial charge in [-0.15, -0.1) is 0 Å². The Labute approximate surface area is 131 Å². The fourth-order valence-electron chi connectivity index (χ4n) is 2.91. The summed E-state index contributed by atoms with van der Waals surface area (Å²) in [5, 5.41) is 1.33. The number of hydrogen-bond donors (Lipinski definition) is 1. The van der Waals surface area contributed by atoms with Crippen molar-refractivity contribution in [3.63, 3.8) is 0 Å². The molecule has 2 N–H and O–H groups in total. The standard InChI is InChI=1S/C19H22N2O/c1-22-17-8-4-6-15(12-17)13-21-14-16(7-5-11-20)18-9-2-3-10-19(18)21/h2-4,6,8-10,12,14H,5,7,11,13,20H2,1H3. The van der Waals surface area contributed by atoms with Gasteiger partial charge in [0, 0.05) is 23.6 Å². The molecule has 0 aliphatic carbocycles. The van der Waals surface area contributed by atoms with E-state index in [9.17, 15) is 0 Å². The quantitative estimate of drug-likeness (QED) is 0.754. The van der Waals surface area contributed by atoms with Crippen molar-refractivity contribution in [3.8, 4) is 5.75 Å². The molecule has 3 nitrogen and oxygen atoms in total. The second kappa shape index (κ2) is 6.67. The highest BCUT2D eigenvalue weighted by Gasteiger charge is 2.08. The van der Waals surface area contributed by atoms with Gasteiger partial charge in [0.1, 0.15) is 5.75 Å². The molecule has 0 radical (unpaired) electrons. The fourth-order valence-corrected chi connectivity index (χ4v) is 2.91. The molecule has 0 unspecified atom stereocenters.